The number of aromatic nitrogens is 1. The lowest BCUT2D eigenvalue weighted by Gasteiger charge is -2.15. The van der Waals surface area contributed by atoms with Gasteiger partial charge in [0.25, 0.3) is 0 Å². The molecule has 0 spiro atoms. The molecule has 1 aliphatic carbocycles. The van der Waals surface area contributed by atoms with Gasteiger partial charge in [-0.3, -0.25) is 0 Å². The van der Waals surface area contributed by atoms with Gasteiger partial charge in [0.1, 0.15) is 4.60 Å². The smallest absolute Gasteiger partial charge is 0.106 e. The molecule has 1 unspecified atom stereocenters. The van der Waals surface area contributed by atoms with Crippen LogP contribution < -0.4 is 0 Å². The topological polar surface area (TPSA) is 12.9 Å². The molecule has 0 radical (unpaired) electrons. The number of hydrogen-bond acceptors (Lipinski definition) is 1. The van der Waals surface area contributed by atoms with Crippen LogP contribution in [0, 0.1) is 0 Å². The minimum absolute atomic E-state index is 0.224. The molecule has 0 aromatic carbocycles. The zero-order valence-corrected chi connectivity index (χ0v) is 12.9. The zero-order chi connectivity index (χ0) is 13.1. The van der Waals surface area contributed by atoms with Gasteiger partial charge in [-0.25, -0.2) is 4.98 Å². The lowest BCUT2D eigenvalue weighted by Crippen LogP contribution is -1.99. The molecule has 0 bridgehead atoms. The average Bonchev–Trinajstić information content (AvgIpc) is 2.50. The Morgan fingerprint density at radius 1 is 1.33 bits per heavy atom. The average molecular weight is 345 g/mol. The molecule has 2 rings (SSSR count). The third kappa shape index (κ3) is 3.25. The standard InChI is InChI=1S/C14H12BrCl2N/c1-9(10-5-6-14(15)18-8-10)12-4-2-3-11(16)7-13(12)17/h2-3,5-9H,4H2,1H3. The second-order valence-corrected chi connectivity index (χ2v) is 5.80. The highest BCUT2D eigenvalue weighted by Gasteiger charge is 2.15. The van der Waals surface area contributed by atoms with Gasteiger partial charge in [0, 0.05) is 22.2 Å². The maximum Gasteiger partial charge on any atom is 0.106 e. The number of nitrogens with zero attached hydrogens (tertiary/aromatic N) is 1. The van der Waals surface area contributed by atoms with Crippen LogP contribution in [-0.2, 0) is 0 Å². The van der Waals surface area contributed by atoms with Gasteiger partial charge in [0.2, 0.25) is 0 Å². The van der Waals surface area contributed by atoms with Gasteiger partial charge < -0.3 is 0 Å². The first kappa shape index (κ1) is 13.9. The Hall–Kier alpha value is -0.570. The fourth-order valence-electron chi connectivity index (χ4n) is 1.89. The molecule has 1 aromatic heterocycles. The number of hydrogen-bond donors (Lipinski definition) is 0. The first-order valence-electron chi connectivity index (χ1n) is 5.61. The molecule has 0 saturated heterocycles. The normalized spacial score (nSPS) is 17.4. The molecule has 0 fully saturated rings. The second-order valence-electron chi connectivity index (χ2n) is 4.14. The third-order valence-corrected chi connectivity index (χ3v) is 4.02. The van der Waals surface area contributed by atoms with Crippen molar-refractivity contribution in [1.82, 2.24) is 4.98 Å². The van der Waals surface area contributed by atoms with Crippen molar-refractivity contribution in [1.29, 1.82) is 0 Å². The largest absolute Gasteiger partial charge is 0.249 e. The predicted molar refractivity (Wildman–Crippen MR) is 80.9 cm³/mol. The van der Waals surface area contributed by atoms with Crippen molar-refractivity contribution in [3.63, 3.8) is 0 Å². The molecule has 94 valence electrons. The lowest BCUT2D eigenvalue weighted by atomic mass is 9.92. The number of allylic oxidation sites excluding steroid dienone is 6. The number of rotatable bonds is 2. The van der Waals surface area contributed by atoms with E-state index in [0.717, 1.165) is 27.2 Å². The molecule has 1 atom stereocenters. The van der Waals surface area contributed by atoms with Crippen LogP contribution in [0.5, 0.6) is 0 Å². The molecule has 1 nitrogen and oxygen atoms in total. The molecule has 1 aromatic rings. The van der Waals surface area contributed by atoms with Crippen molar-refractivity contribution in [2.24, 2.45) is 0 Å². The minimum Gasteiger partial charge on any atom is -0.249 e. The summed E-state index contributed by atoms with van der Waals surface area (Å²) in [6.07, 6.45) is 8.38. The van der Waals surface area contributed by atoms with E-state index in [1.165, 1.54) is 0 Å². The first-order valence-corrected chi connectivity index (χ1v) is 7.16. The summed E-state index contributed by atoms with van der Waals surface area (Å²) in [6.45, 7) is 2.13. The van der Waals surface area contributed by atoms with Crippen LogP contribution >= 0.6 is 39.1 Å². The van der Waals surface area contributed by atoms with Crippen molar-refractivity contribution in [2.45, 2.75) is 19.3 Å². The van der Waals surface area contributed by atoms with Crippen LogP contribution in [0.4, 0.5) is 0 Å². The summed E-state index contributed by atoms with van der Waals surface area (Å²) < 4.78 is 0.835. The predicted octanol–water partition coefficient (Wildman–Crippen LogP) is 5.52. The molecule has 1 heterocycles. The highest BCUT2D eigenvalue weighted by molar-refractivity contribution is 9.10. The Morgan fingerprint density at radius 2 is 2.11 bits per heavy atom. The van der Waals surface area contributed by atoms with Crippen molar-refractivity contribution >= 4 is 39.1 Å². The van der Waals surface area contributed by atoms with Crippen molar-refractivity contribution < 1.29 is 0 Å². The van der Waals surface area contributed by atoms with Crippen LogP contribution in [0.15, 0.2) is 56.8 Å². The molecule has 1 aliphatic rings. The van der Waals surface area contributed by atoms with Gasteiger partial charge in [-0.1, -0.05) is 42.3 Å². The second kappa shape index (κ2) is 6.05. The van der Waals surface area contributed by atoms with Crippen LogP contribution in [0.3, 0.4) is 0 Å². The fourth-order valence-corrected chi connectivity index (χ4v) is 2.73. The molecule has 0 N–H and O–H groups in total. The number of halogens is 3. The summed E-state index contributed by atoms with van der Waals surface area (Å²) in [6, 6.07) is 3.99. The minimum atomic E-state index is 0.224. The van der Waals surface area contributed by atoms with E-state index in [0.29, 0.717) is 5.03 Å². The van der Waals surface area contributed by atoms with E-state index in [9.17, 15) is 0 Å². The van der Waals surface area contributed by atoms with Crippen molar-refractivity contribution in [3.05, 3.63) is 62.4 Å². The SMILES string of the molecule is CC(C1=C(Cl)C=C(Cl)C=CC1)c1ccc(Br)nc1. The Bertz CT molecular complexity index is 529. The van der Waals surface area contributed by atoms with Gasteiger partial charge in [0.05, 0.1) is 0 Å². The van der Waals surface area contributed by atoms with Crippen molar-refractivity contribution in [2.75, 3.05) is 0 Å². The molecule has 0 saturated carbocycles. The van der Waals surface area contributed by atoms with Gasteiger partial charge in [0.15, 0.2) is 0 Å². The van der Waals surface area contributed by atoms with E-state index < -0.39 is 0 Å². The van der Waals surface area contributed by atoms with Crippen LogP contribution in [0.25, 0.3) is 0 Å². The van der Waals surface area contributed by atoms with E-state index in [1.807, 2.05) is 24.4 Å². The van der Waals surface area contributed by atoms with Gasteiger partial charge in [-0.15, -0.1) is 0 Å². The Morgan fingerprint density at radius 3 is 2.78 bits per heavy atom. The van der Waals surface area contributed by atoms with Gasteiger partial charge in [-0.2, -0.15) is 0 Å². The monoisotopic (exact) mass is 343 g/mol. The maximum absolute atomic E-state index is 6.31. The van der Waals surface area contributed by atoms with Crippen LogP contribution in [-0.4, -0.2) is 4.98 Å². The summed E-state index contributed by atoms with van der Waals surface area (Å²) in [5.41, 5.74) is 2.30. The summed E-state index contributed by atoms with van der Waals surface area (Å²) in [5, 5.41) is 1.39. The van der Waals surface area contributed by atoms with E-state index in [2.05, 4.69) is 33.9 Å². The Balaban J connectivity index is 2.33. The lowest BCUT2D eigenvalue weighted by molar-refractivity contribution is 0.851. The maximum atomic E-state index is 6.31. The quantitative estimate of drug-likeness (QED) is 0.643. The molecule has 0 amide bonds. The number of pyridine rings is 1. The Kier molecular flexibility index (Phi) is 4.66. The zero-order valence-electron chi connectivity index (χ0n) is 9.83. The molecular weight excluding hydrogens is 333 g/mol. The molecule has 0 aliphatic heterocycles. The summed E-state index contributed by atoms with van der Waals surface area (Å²) in [5.74, 6) is 0.224. The van der Waals surface area contributed by atoms with E-state index >= 15 is 0 Å². The van der Waals surface area contributed by atoms with Crippen LogP contribution in [0.2, 0.25) is 0 Å². The molecule has 4 heteroatoms. The highest BCUT2D eigenvalue weighted by Crippen LogP contribution is 2.33. The van der Waals surface area contributed by atoms with Crippen LogP contribution in [0.1, 0.15) is 24.8 Å². The van der Waals surface area contributed by atoms with Gasteiger partial charge >= 0.3 is 0 Å². The summed E-state index contributed by atoms with van der Waals surface area (Å²) in [7, 11) is 0. The van der Waals surface area contributed by atoms with Gasteiger partial charge in [-0.05, 0) is 51.7 Å². The molecular formula is C14H12BrCl2N. The molecule has 18 heavy (non-hydrogen) atoms. The van der Waals surface area contributed by atoms with E-state index in [1.54, 1.807) is 6.08 Å². The fraction of sp³-hybridized carbons (Fsp3) is 0.214. The third-order valence-electron chi connectivity index (χ3n) is 2.96. The van der Waals surface area contributed by atoms with E-state index in [-0.39, 0.29) is 5.92 Å². The highest BCUT2D eigenvalue weighted by atomic mass is 79.9. The van der Waals surface area contributed by atoms with Crippen molar-refractivity contribution in [3.8, 4) is 0 Å². The summed E-state index contributed by atoms with van der Waals surface area (Å²) >= 11 is 15.6. The summed E-state index contributed by atoms with van der Waals surface area (Å²) in [4.78, 5) is 4.25. The first-order chi connectivity index (χ1) is 8.58. The van der Waals surface area contributed by atoms with E-state index in [4.69, 9.17) is 23.2 Å². The Labute approximate surface area is 125 Å².